The SMILES string of the molecule is Br[SiH]1CCC[SiH2]C1. The first-order chi connectivity index (χ1) is 3.39. The summed E-state index contributed by atoms with van der Waals surface area (Å²) in [7, 11) is 0.256. The third-order valence-electron chi connectivity index (χ3n) is 1.53. The second kappa shape index (κ2) is 3.04. The van der Waals surface area contributed by atoms with Gasteiger partial charge in [-0.05, 0) is 0 Å². The van der Waals surface area contributed by atoms with E-state index in [9.17, 15) is 0 Å². The Kier molecular flexibility index (Phi) is 2.63. The average Bonchev–Trinajstić information content (AvgIpc) is 1.69. The van der Waals surface area contributed by atoms with Gasteiger partial charge in [0, 0.05) is 9.52 Å². The molecule has 0 aromatic carbocycles. The van der Waals surface area contributed by atoms with Gasteiger partial charge in [-0.3, -0.25) is 0 Å². The normalized spacial score (nSPS) is 36.4. The molecule has 1 rings (SSSR count). The van der Waals surface area contributed by atoms with Gasteiger partial charge in [0.1, 0.15) is 7.42 Å². The second-order valence-corrected chi connectivity index (χ2v) is 11.6. The van der Waals surface area contributed by atoms with E-state index in [-0.39, 0.29) is 7.42 Å². The van der Waals surface area contributed by atoms with E-state index in [1.807, 2.05) is 0 Å². The van der Waals surface area contributed by atoms with Crippen molar-refractivity contribution in [2.45, 2.75) is 24.2 Å². The minimum absolute atomic E-state index is 0.220. The van der Waals surface area contributed by atoms with Crippen LogP contribution in [0, 0.1) is 0 Å². The van der Waals surface area contributed by atoms with Gasteiger partial charge >= 0.3 is 0 Å². The lowest BCUT2D eigenvalue weighted by Gasteiger charge is -2.11. The van der Waals surface area contributed by atoms with Crippen molar-refractivity contribution in [2.24, 2.45) is 0 Å². The minimum Gasteiger partial charge on any atom is -0.131 e. The van der Waals surface area contributed by atoms with Gasteiger partial charge in [-0.1, -0.05) is 24.2 Å². The molecule has 1 aliphatic rings. The van der Waals surface area contributed by atoms with Gasteiger partial charge in [0.05, 0.1) is 0 Å². The fourth-order valence-electron chi connectivity index (χ4n) is 1.05. The molecule has 0 radical (unpaired) electrons. The van der Waals surface area contributed by atoms with E-state index in [4.69, 9.17) is 0 Å². The summed E-state index contributed by atoms with van der Waals surface area (Å²) in [5, 5.41) is 0. The molecule has 0 spiro atoms. The summed E-state index contributed by atoms with van der Waals surface area (Å²) >= 11 is 3.76. The van der Waals surface area contributed by atoms with E-state index in [1.165, 1.54) is 0 Å². The highest BCUT2D eigenvalue weighted by atomic mass is 79.9. The first-order valence-electron chi connectivity index (χ1n) is 3.03. The molecule has 0 N–H and O–H groups in total. The smallest absolute Gasteiger partial charge is 0.111 e. The van der Waals surface area contributed by atoms with Gasteiger partial charge in [0.15, 0.2) is 0 Å². The van der Waals surface area contributed by atoms with Crippen LogP contribution in [0.4, 0.5) is 0 Å². The topological polar surface area (TPSA) is 0 Å². The minimum atomic E-state index is -0.220. The maximum Gasteiger partial charge on any atom is 0.111 e. The Bertz CT molecular complexity index is 51.7. The van der Waals surface area contributed by atoms with Crippen molar-refractivity contribution in [3.63, 3.8) is 0 Å². The van der Waals surface area contributed by atoms with E-state index in [2.05, 4.69) is 15.3 Å². The zero-order chi connectivity index (χ0) is 5.11. The zero-order valence-corrected chi connectivity index (χ0v) is 8.65. The lowest BCUT2D eigenvalue weighted by Crippen LogP contribution is -2.12. The summed E-state index contributed by atoms with van der Waals surface area (Å²) in [5.74, 6) is 0. The van der Waals surface area contributed by atoms with Crippen LogP contribution in [0.2, 0.25) is 17.8 Å². The highest BCUT2D eigenvalue weighted by Crippen LogP contribution is 2.17. The Labute approximate surface area is 56.7 Å². The molecule has 7 heavy (non-hydrogen) atoms. The standard InChI is InChI=1S/C4H11BrSi2/c5-7-3-1-2-6-4-7/h7H,1-4,6H2. The van der Waals surface area contributed by atoms with Crippen LogP contribution in [0.1, 0.15) is 6.42 Å². The van der Waals surface area contributed by atoms with Crippen LogP contribution in [0.25, 0.3) is 0 Å². The molecule has 1 aliphatic heterocycles. The lowest BCUT2D eigenvalue weighted by atomic mass is 10.6. The van der Waals surface area contributed by atoms with E-state index in [0.717, 1.165) is 0 Å². The van der Waals surface area contributed by atoms with Gasteiger partial charge in [-0.15, -0.1) is 15.3 Å². The van der Waals surface area contributed by atoms with Gasteiger partial charge in [-0.25, -0.2) is 0 Å². The zero-order valence-electron chi connectivity index (χ0n) is 4.49. The maximum absolute atomic E-state index is 3.76. The lowest BCUT2D eigenvalue weighted by molar-refractivity contribution is 1.04. The van der Waals surface area contributed by atoms with Crippen LogP contribution in [-0.2, 0) is 0 Å². The van der Waals surface area contributed by atoms with Crippen LogP contribution < -0.4 is 0 Å². The molecule has 42 valence electrons. The molecule has 0 nitrogen and oxygen atoms in total. The highest BCUT2D eigenvalue weighted by molar-refractivity contribution is 9.24. The molecule has 1 fully saturated rings. The summed E-state index contributed by atoms with van der Waals surface area (Å²) in [4.78, 5) is 0. The van der Waals surface area contributed by atoms with Gasteiger partial charge in [0.25, 0.3) is 0 Å². The molecule has 1 heterocycles. The van der Waals surface area contributed by atoms with E-state index < -0.39 is 0 Å². The average molecular weight is 195 g/mol. The van der Waals surface area contributed by atoms with Crippen molar-refractivity contribution in [1.29, 1.82) is 0 Å². The molecule has 0 aliphatic carbocycles. The quantitative estimate of drug-likeness (QED) is 0.400. The van der Waals surface area contributed by atoms with Gasteiger partial charge in [0.2, 0.25) is 0 Å². The Morgan fingerprint density at radius 1 is 1.57 bits per heavy atom. The van der Waals surface area contributed by atoms with Crippen molar-refractivity contribution in [3.05, 3.63) is 0 Å². The molecule has 0 aromatic rings. The number of halogens is 1. The maximum atomic E-state index is 3.76. The Morgan fingerprint density at radius 3 is 2.71 bits per heavy atom. The number of hydrogen-bond donors (Lipinski definition) is 0. The molecule has 3 heteroatoms. The summed E-state index contributed by atoms with van der Waals surface area (Å²) in [6, 6.07) is 3.21. The van der Waals surface area contributed by atoms with E-state index in [0.29, 0.717) is 9.52 Å². The summed E-state index contributed by atoms with van der Waals surface area (Å²) in [5.41, 5.74) is 1.68. The van der Waals surface area contributed by atoms with E-state index >= 15 is 0 Å². The third-order valence-corrected chi connectivity index (χ3v) is 13.2. The fourth-order valence-corrected chi connectivity index (χ4v) is 11.0. The molecule has 0 bridgehead atoms. The van der Waals surface area contributed by atoms with Crippen molar-refractivity contribution in [1.82, 2.24) is 0 Å². The molecule has 1 saturated heterocycles. The summed E-state index contributed by atoms with van der Waals surface area (Å²) in [6.45, 7) is 0. The molecular weight excluding hydrogens is 184 g/mol. The fraction of sp³-hybridized carbons (Fsp3) is 1.00. The first kappa shape index (κ1) is 6.04. The largest absolute Gasteiger partial charge is 0.131 e. The summed E-state index contributed by atoms with van der Waals surface area (Å²) in [6.07, 6.45) is 1.56. The molecule has 0 amide bonds. The third kappa shape index (κ3) is 2.10. The molecule has 0 saturated carbocycles. The van der Waals surface area contributed by atoms with Crippen molar-refractivity contribution in [2.75, 3.05) is 0 Å². The Morgan fingerprint density at radius 2 is 2.43 bits per heavy atom. The molecule has 1 unspecified atom stereocenters. The van der Waals surface area contributed by atoms with Crippen molar-refractivity contribution in [3.8, 4) is 0 Å². The highest BCUT2D eigenvalue weighted by Gasteiger charge is 2.10. The second-order valence-electron chi connectivity index (χ2n) is 2.24. The van der Waals surface area contributed by atoms with Crippen molar-refractivity contribution < 1.29 is 0 Å². The first-order valence-corrected chi connectivity index (χ1v) is 9.85. The van der Waals surface area contributed by atoms with Crippen LogP contribution in [-0.4, -0.2) is 16.9 Å². The monoisotopic (exact) mass is 194 g/mol. The Hall–Kier alpha value is 0.914. The van der Waals surface area contributed by atoms with Crippen LogP contribution >= 0.6 is 15.3 Å². The predicted octanol–water partition coefficient (Wildman–Crippen LogP) is 1.05. The molecule has 1 atom stereocenters. The number of hydrogen-bond acceptors (Lipinski definition) is 0. The summed E-state index contributed by atoms with van der Waals surface area (Å²) < 4.78 is 0. The van der Waals surface area contributed by atoms with Crippen LogP contribution in [0.15, 0.2) is 0 Å². The van der Waals surface area contributed by atoms with E-state index in [1.54, 1.807) is 24.2 Å². The predicted molar refractivity (Wildman–Crippen MR) is 43.7 cm³/mol. The molecule has 0 aromatic heterocycles. The Balaban J connectivity index is 2.12. The van der Waals surface area contributed by atoms with Crippen molar-refractivity contribution >= 4 is 32.2 Å². The van der Waals surface area contributed by atoms with Gasteiger partial charge in [-0.2, -0.15) is 0 Å². The van der Waals surface area contributed by atoms with Crippen LogP contribution in [0.5, 0.6) is 0 Å². The molecular formula is C4H11BrSi2. The van der Waals surface area contributed by atoms with Crippen LogP contribution in [0.3, 0.4) is 0 Å². The number of rotatable bonds is 0. The van der Waals surface area contributed by atoms with Gasteiger partial charge < -0.3 is 0 Å².